The van der Waals surface area contributed by atoms with Crippen molar-refractivity contribution in [3.63, 3.8) is 0 Å². The van der Waals surface area contributed by atoms with Gasteiger partial charge in [-0.3, -0.25) is 0 Å². The molecule has 0 spiro atoms. The molecule has 24 heavy (non-hydrogen) atoms. The van der Waals surface area contributed by atoms with Crippen molar-refractivity contribution in [1.82, 2.24) is 0 Å². The number of nitrogens with zero attached hydrogens (tertiary/aromatic N) is 1. The van der Waals surface area contributed by atoms with Gasteiger partial charge in [0, 0.05) is 0 Å². The molecule has 0 N–H and O–H groups in total. The van der Waals surface area contributed by atoms with Crippen LogP contribution in [0.5, 0.6) is 5.75 Å². The first-order valence-corrected chi connectivity index (χ1v) is 9.33. The fourth-order valence-electron chi connectivity index (χ4n) is 2.81. The zero-order chi connectivity index (χ0) is 16.5. The predicted octanol–water partition coefficient (Wildman–Crippen LogP) is 2.64. The Hall–Kier alpha value is -2.55. The Morgan fingerprint density at radius 2 is 1.50 bits per heavy atom. The standard InChI is InChI=1S/C20H15NO2Se/c1-23-15-8-6-7-14(13-15)20(22)21-16-9-2-4-11-18(16)24-19-12-5-3-10-17(19)21/h2-13H,1H3. The number of benzene rings is 3. The molecule has 4 heteroatoms. The molecule has 118 valence electrons. The van der Waals surface area contributed by atoms with Gasteiger partial charge in [0.15, 0.2) is 0 Å². The first-order valence-electron chi connectivity index (χ1n) is 7.62. The van der Waals surface area contributed by atoms with Crippen LogP contribution < -0.4 is 18.6 Å². The molecule has 0 aliphatic carbocycles. The molecule has 0 aromatic heterocycles. The first-order chi connectivity index (χ1) is 11.8. The van der Waals surface area contributed by atoms with Crippen molar-refractivity contribution in [2.75, 3.05) is 12.0 Å². The molecule has 1 heterocycles. The van der Waals surface area contributed by atoms with Gasteiger partial charge in [0.05, 0.1) is 0 Å². The van der Waals surface area contributed by atoms with Gasteiger partial charge in [0.25, 0.3) is 0 Å². The SMILES string of the molecule is COc1cccc(C(=O)N2c3ccccc3[Se]c3ccccc32)c1. The monoisotopic (exact) mass is 381 g/mol. The molecule has 0 radical (unpaired) electrons. The molecule has 3 aromatic rings. The van der Waals surface area contributed by atoms with Crippen LogP contribution in [-0.2, 0) is 0 Å². The zero-order valence-electron chi connectivity index (χ0n) is 13.1. The molecule has 0 atom stereocenters. The summed E-state index contributed by atoms with van der Waals surface area (Å²) in [6.07, 6.45) is 0. The summed E-state index contributed by atoms with van der Waals surface area (Å²) in [5.41, 5.74) is 2.57. The fourth-order valence-corrected chi connectivity index (χ4v) is 5.03. The fraction of sp³-hybridized carbons (Fsp3) is 0.0500. The van der Waals surface area contributed by atoms with Crippen molar-refractivity contribution < 1.29 is 9.53 Å². The number of ether oxygens (including phenoxy) is 1. The predicted molar refractivity (Wildman–Crippen MR) is 97.4 cm³/mol. The van der Waals surface area contributed by atoms with Crippen molar-refractivity contribution in [3.05, 3.63) is 78.4 Å². The summed E-state index contributed by atoms with van der Waals surface area (Å²) in [5, 5.41) is 0. The van der Waals surface area contributed by atoms with Crippen molar-refractivity contribution in [3.8, 4) is 5.75 Å². The molecule has 1 aliphatic heterocycles. The van der Waals surface area contributed by atoms with Crippen LogP contribution in [0, 0.1) is 0 Å². The second-order valence-electron chi connectivity index (χ2n) is 5.41. The van der Waals surface area contributed by atoms with Crippen molar-refractivity contribution in [2.45, 2.75) is 0 Å². The van der Waals surface area contributed by atoms with Crippen LogP contribution in [0.25, 0.3) is 0 Å². The summed E-state index contributed by atoms with van der Waals surface area (Å²) in [7, 11) is 1.61. The number of fused-ring (bicyclic) bond motifs is 2. The van der Waals surface area contributed by atoms with Gasteiger partial charge in [-0.25, -0.2) is 0 Å². The van der Waals surface area contributed by atoms with Crippen LogP contribution >= 0.6 is 0 Å². The van der Waals surface area contributed by atoms with E-state index in [1.54, 1.807) is 13.2 Å². The summed E-state index contributed by atoms with van der Waals surface area (Å²) >= 11 is 0.207. The Morgan fingerprint density at radius 3 is 2.12 bits per heavy atom. The van der Waals surface area contributed by atoms with Gasteiger partial charge in [0.2, 0.25) is 0 Å². The van der Waals surface area contributed by atoms with Crippen molar-refractivity contribution in [1.29, 1.82) is 0 Å². The van der Waals surface area contributed by atoms with Crippen LogP contribution in [0.15, 0.2) is 72.8 Å². The zero-order valence-corrected chi connectivity index (χ0v) is 14.8. The van der Waals surface area contributed by atoms with E-state index in [1.807, 2.05) is 59.5 Å². The minimum atomic E-state index is -0.0377. The number of methoxy groups -OCH3 is 1. The number of hydrogen-bond donors (Lipinski definition) is 0. The summed E-state index contributed by atoms with van der Waals surface area (Å²) in [4.78, 5) is 15.1. The van der Waals surface area contributed by atoms with E-state index in [-0.39, 0.29) is 20.9 Å². The number of hydrogen-bond acceptors (Lipinski definition) is 2. The van der Waals surface area contributed by atoms with Crippen LogP contribution in [0.1, 0.15) is 10.4 Å². The van der Waals surface area contributed by atoms with Gasteiger partial charge in [-0.1, -0.05) is 0 Å². The Kier molecular flexibility index (Phi) is 3.85. The van der Waals surface area contributed by atoms with Crippen LogP contribution in [0.3, 0.4) is 0 Å². The Balaban J connectivity index is 1.86. The van der Waals surface area contributed by atoms with Gasteiger partial charge in [-0.2, -0.15) is 0 Å². The Labute approximate surface area is 147 Å². The van der Waals surface area contributed by atoms with E-state index in [0.29, 0.717) is 11.3 Å². The first kappa shape index (κ1) is 15.0. The summed E-state index contributed by atoms with van der Waals surface area (Å²) < 4.78 is 7.71. The summed E-state index contributed by atoms with van der Waals surface area (Å²) in [5.74, 6) is 0.646. The second-order valence-corrected chi connectivity index (χ2v) is 7.68. The Bertz CT molecular complexity index is 877. The molecule has 0 saturated carbocycles. The van der Waals surface area contributed by atoms with Gasteiger partial charge >= 0.3 is 147 Å². The third kappa shape index (κ3) is 2.50. The summed E-state index contributed by atoms with van der Waals surface area (Å²) in [6, 6.07) is 23.6. The third-order valence-electron chi connectivity index (χ3n) is 3.95. The minimum absolute atomic E-state index is 0.0377. The second kappa shape index (κ2) is 6.16. The molecule has 1 aliphatic rings. The molecule has 0 bridgehead atoms. The van der Waals surface area contributed by atoms with E-state index in [1.165, 1.54) is 8.92 Å². The van der Waals surface area contributed by atoms with Crippen molar-refractivity contribution in [2.24, 2.45) is 0 Å². The average molecular weight is 380 g/mol. The van der Waals surface area contributed by atoms with Gasteiger partial charge < -0.3 is 0 Å². The average Bonchev–Trinajstić information content (AvgIpc) is 2.65. The van der Waals surface area contributed by atoms with E-state index >= 15 is 0 Å². The number of carbonyl (C=O) groups excluding carboxylic acids is 1. The quantitative estimate of drug-likeness (QED) is 0.640. The molecule has 3 aromatic carbocycles. The number of carbonyl (C=O) groups is 1. The number of para-hydroxylation sites is 2. The van der Waals surface area contributed by atoms with Crippen LogP contribution in [0.4, 0.5) is 11.4 Å². The number of rotatable bonds is 2. The number of amides is 1. The molecular weight excluding hydrogens is 365 g/mol. The summed E-state index contributed by atoms with van der Waals surface area (Å²) in [6.45, 7) is 0. The number of anilines is 2. The van der Waals surface area contributed by atoms with E-state index < -0.39 is 0 Å². The Morgan fingerprint density at radius 1 is 0.875 bits per heavy atom. The van der Waals surface area contributed by atoms with E-state index in [9.17, 15) is 4.79 Å². The maximum absolute atomic E-state index is 13.3. The van der Waals surface area contributed by atoms with Crippen LogP contribution in [0.2, 0.25) is 0 Å². The van der Waals surface area contributed by atoms with Crippen LogP contribution in [-0.4, -0.2) is 28.0 Å². The van der Waals surface area contributed by atoms with Gasteiger partial charge in [0.1, 0.15) is 0 Å². The van der Waals surface area contributed by atoms with E-state index in [4.69, 9.17) is 4.74 Å². The van der Waals surface area contributed by atoms with Gasteiger partial charge in [-0.15, -0.1) is 0 Å². The molecule has 1 amide bonds. The molecule has 3 nitrogen and oxygen atoms in total. The normalized spacial score (nSPS) is 12.3. The third-order valence-corrected chi connectivity index (χ3v) is 6.32. The molecule has 0 saturated heterocycles. The van der Waals surface area contributed by atoms with Gasteiger partial charge in [-0.05, 0) is 0 Å². The maximum atomic E-state index is 13.3. The molecule has 0 fully saturated rings. The molecule has 0 unspecified atom stereocenters. The van der Waals surface area contributed by atoms with E-state index in [0.717, 1.165) is 11.4 Å². The van der Waals surface area contributed by atoms with Crippen molar-refractivity contribution >= 4 is 41.2 Å². The molecule has 4 rings (SSSR count). The van der Waals surface area contributed by atoms with E-state index in [2.05, 4.69) is 12.1 Å². The topological polar surface area (TPSA) is 29.5 Å². The molecular formula is C20H15NO2Se.